The first-order valence-corrected chi connectivity index (χ1v) is 19.1. The van der Waals surface area contributed by atoms with E-state index in [0.717, 1.165) is 29.5 Å². The van der Waals surface area contributed by atoms with Gasteiger partial charge in [-0.05, 0) is 35.6 Å². The van der Waals surface area contributed by atoms with Crippen molar-refractivity contribution in [2.45, 2.75) is 141 Å². The van der Waals surface area contributed by atoms with Crippen LogP contribution in [0.4, 0.5) is 0 Å². The summed E-state index contributed by atoms with van der Waals surface area (Å²) in [5, 5.41) is 10.5. The van der Waals surface area contributed by atoms with Crippen LogP contribution in [0.15, 0.2) is 103 Å². The monoisotopic (exact) mass is 680 g/mol. The molecule has 0 bridgehead atoms. The van der Waals surface area contributed by atoms with Gasteiger partial charge in [0.1, 0.15) is 18.3 Å². The highest BCUT2D eigenvalue weighted by atomic mass is 16.6. The summed E-state index contributed by atoms with van der Waals surface area (Å²) in [5.41, 5.74) is 3.34. The molecule has 1 fully saturated rings. The van der Waals surface area contributed by atoms with Crippen molar-refractivity contribution in [2.75, 3.05) is 6.61 Å². The molecule has 50 heavy (non-hydrogen) atoms. The molecule has 5 atom stereocenters. The minimum absolute atomic E-state index is 0.110. The molecule has 0 saturated carbocycles. The Morgan fingerprint density at radius 1 is 0.720 bits per heavy atom. The highest BCUT2D eigenvalue weighted by molar-refractivity contribution is 5.16. The van der Waals surface area contributed by atoms with Gasteiger partial charge in [0.25, 0.3) is 0 Å². The maximum atomic E-state index is 10.5. The molecule has 1 heterocycles. The average Bonchev–Trinajstić information content (AvgIpc) is 3.15. The van der Waals surface area contributed by atoms with Gasteiger partial charge in [-0.2, -0.15) is 0 Å². The van der Waals surface area contributed by atoms with E-state index in [4.69, 9.17) is 18.9 Å². The molecule has 270 valence electrons. The van der Waals surface area contributed by atoms with Gasteiger partial charge in [0.15, 0.2) is 0 Å². The lowest BCUT2D eigenvalue weighted by atomic mass is 9.95. The van der Waals surface area contributed by atoms with Gasteiger partial charge in [0.2, 0.25) is 0 Å². The number of hydrogen-bond acceptors (Lipinski definition) is 5. The normalized spacial score (nSPS) is 19.6. The second kappa shape index (κ2) is 24.8. The first kappa shape index (κ1) is 39.5. The summed E-state index contributed by atoms with van der Waals surface area (Å²) in [6.45, 7) is 4.10. The molecule has 0 aliphatic carbocycles. The Morgan fingerprint density at radius 2 is 1.26 bits per heavy atom. The minimum atomic E-state index is -0.779. The fourth-order valence-corrected chi connectivity index (χ4v) is 6.37. The van der Waals surface area contributed by atoms with E-state index >= 15 is 0 Å². The Bertz CT molecular complexity index is 1350. The zero-order valence-electron chi connectivity index (χ0n) is 30.3. The number of unbranched alkanes of at least 4 members (excludes halogenated alkanes) is 10. The van der Waals surface area contributed by atoms with Gasteiger partial charge in [-0.15, -0.1) is 5.92 Å². The summed E-state index contributed by atoms with van der Waals surface area (Å²) in [7, 11) is 0. The predicted octanol–water partition coefficient (Wildman–Crippen LogP) is 10.2. The largest absolute Gasteiger partial charge is 0.377 e. The first-order valence-electron chi connectivity index (χ1n) is 19.1. The van der Waals surface area contributed by atoms with Crippen LogP contribution < -0.4 is 0 Å². The van der Waals surface area contributed by atoms with Gasteiger partial charge < -0.3 is 24.1 Å². The molecule has 1 saturated heterocycles. The third-order valence-corrected chi connectivity index (χ3v) is 9.20. The van der Waals surface area contributed by atoms with Crippen molar-refractivity contribution in [1.82, 2.24) is 0 Å². The third-order valence-electron chi connectivity index (χ3n) is 9.20. The summed E-state index contributed by atoms with van der Waals surface area (Å²) >= 11 is 0. The zero-order valence-corrected chi connectivity index (χ0v) is 30.3. The molecule has 5 heteroatoms. The van der Waals surface area contributed by atoms with Crippen LogP contribution in [0.3, 0.4) is 0 Å². The molecular weight excluding hydrogens is 620 g/mol. The fraction of sp³-hybridized carbons (Fsp3) is 0.511. The zero-order chi connectivity index (χ0) is 34.9. The summed E-state index contributed by atoms with van der Waals surface area (Å²) in [6, 6.07) is 30.6. The number of rotatable bonds is 23. The van der Waals surface area contributed by atoms with Gasteiger partial charge in [-0.3, -0.25) is 0 Å². The van der Waals surface area contributed by atoms with Crippen molar-refractivity contribution in [1.29, 1.82) is 0 Å². The van der Waals surface area contributed by atoms with Crippen LogP contribution in [0, 0.1) is 11.8 Å². The van der Waals surface area contributed by atoms with E-state index < -0.39 is 6.10 Å². The van der Waals surface area contributed by atoms with Crippen molar-refractivity contribution < 1.29 is 24.1 Å². The van der Waals surface area contributed by atoms with Crippen LogP contribution in [0.5, 0.6) is 0 Å². The van der Waals surface area contributed by atoms with Crippen LogP contribution in [0.1, 0.15) is 107 Å². The minimum Gasteiger partial charge on any atom is -0.377 e. The van der Waals surface area contributed by atoms with Crippen LogP contribution in [0.25, 0.3) is 0 Å². The molecule has 0 aromatic heterocycles. The number of aliphatic hydroxyl groups excluding tert-OH is 1. The van der Waals surface area contributed by atoms with Gasteiger partial charge in [-0.25, -0.2) is 0 Å². The van der Waals surface area contributed by atoms with Crippen LogP contribution in [0.2, 0.25) is 0 Å². The Balaban J connectivity index is 1.30. The predicted molar refractivity (Wildman–Crippen MR) is 203 cm³/mol. The third kappa shape index (κ3) is 16.2. The maximum Gasteiger partial charge on any atom is 0.133 e. The lowest BCUT2D eigenvalue weighted by Crippen LogP contribution is -2.52. The summed E-state index contributed by atoms with van der Waals surface area (Å²) in [4.78, 5) is 0. The summed E-state index contributed by atoms with van der Waals surface area (Å²) < 4.78 is 26.1. The molecule has 0 unspecified atom stereocenters. The Hall–Kier alpha value is -3.24. The van der Waals surface area contributed by atoms with Gasteiger partial charge in [-0.1, -0.05) is 168 Å². The molecule has 1 aliphatic rings. The quantitative estimate of drug-likeness (QED) is 0.0614. The standard InChI is InChI=1S/C45H60O5/c1-2-3-4-5-6-7-8-9-10-11-12-22-30-41(46)31-23-32-42-33-43(48-35-39-26-18-14-19-27-39)45(49-36-40-28-20-15-21-29-40)44(50-42)37-47-34-38-24-16-13-17-25-38/h13-21,23-29,31,41-46H,2-12,32-37H2,1H3/b31-23+/t41-,42-,43-,44-,45-/m1/s1. The Morgan fingerprint density at radius 3 is 1.86 bits per heavy atom. The fourth-order valence-electron chi connectivity index (χ4n) is 6.37. The summed E-state index contributed by atoms with van der Waals surface area (Å²) in [5.74, 6) is 6.18. The van der Waals surface area contributed by atoms with Gasteiger partial charge >= 0.3 is 0 Å². The lowest BCUT2D eigenvalue weighted by Gasteiger charge is -2.41. The SMILES string of the molecule is CCCCCCCCCCCCC#C[C@@H](O)/C=C/C[C@@H]1C[C@@H](OCc2ccccc2)[C@@H](OCc2ccccc2)[C@@H](COCc2ccccc2)O1. The molecule has 0 amide bonds. The second-order valence-corrected chi connectivity index (χ2v) is 13.5. The van der Waals surface area contributed by atoms with E-state index in [1.54, 1.807) is 6.08 Å². The number of aliphatic hydroxyl groups is 1. The van der Waals surface area contributed by atoms with E-state index in [1.807, 2.05) is 60.7 Å². The second-order valence-electron chi connectivity index (χ2n) is 13.5. The molecule has 5 nitrogen and oxygen atoms in total. The molecule has 3 aromatic rings. The number of ether oxygens (including phenoxy) is 4. The highest BCUT2D eigenvalue weighted by Gasteiger charge is 2.40. The molecule has 4 rings (SSSR count). The molecule has 3 aromatic carbocycles. The smallest absolute Gasteiger partial charge is 0.133 e. The molecule has 1 N–H and O–H groups in total. The summed E-state index contributed by atoms with van der Waals surface area (Å²) in [6.07, 6.45) is 17.3. The van der Waals surface area contributed by atoms with Crippen molar-refractivity contribution in [3.05, 3.63) is 120 Å². The van der Waals surface area contributed by atoms with E-state index in [0.29, 0.717) is 39.3 Å². The van der Waals surface area contributed by atoms with Crippen LogP contribution >= 0.6 is 0 Å². The van der Waals surface area contributed by atoms with E-state index in [-0.39, 0.29) is 24.4 Å². The van der Waals surface area contributed by atoms with Crippen LogP contribution in [-0.2, 0) is 38.8 Å². The van der Waals surface area contributed by atoms with Crippen molar-refractivity contribution in [3.63, 3.8) is 0 Å². The van der Waals surface area contributed by atoms with E-state index in [1.165, 1.54) is 57.8 Å². The molecule has 0 spiro atoms. The van der Waals surface area contributed by atoms with Crippen LogP contribution in [-0.4, -0.2) is 42.2 Å². The van der Waals surface area contributed by atoms with Crippen molar-refractivity contribution in [2.24, 2.45) is 0 Å². The van der Waals surface area contributed by atoms with E-state index in [9.17, 15) is 5.11 Å². The van der Waals surface area contributed by atoms with Crippen molar-refractivity contribution in [3.8, 4) is 11.8 Å². The topological polar surface area (TPSA) is 57.2 Å². The Kier molecular flexibility index (Phi) is 19.6. The van der Waals surface area contributed by atoms with Crippen molar-refractivity contribution >= 4 is 0 Å². The first-order chi connectivity index (χ1) is 24.7. The highest BCUT2D eigenvalue weighted by Crippen LogP contribution is 2.29. The molecular formula is C45H60O5. The average molecular weight is 681 g/mol. The van der Waals surface area contributed by atoms with E-state index in [2.05, 4.69) is 55.2 Å². The number of benzene rings is 3. The Labute approximate surface area is 302 Å². The maximum absolute atomic E-state index is 10.5. The molecule has 0 radical (unpaired) electrons. The molecule has 1 aliphatic heterocycles. The number of hydrogen-bond donors (Lipinski definition) is 1. The van der Waals surface area contributed by atoms with Gasteiger partial charge in [0, 0.05) is 12.8 Å². The lowest BCUT2D eigenvalue weighted by molar-refractivity contribution is -0.219. The van der Waals surface area contributed by atoms with Gasteiger partial charge in [0.05, 0.1) is 38.6 Å².